The molecule has 0 radical (unpaired) electrons. The first kappa shape index (κ1) is 12.4. The second kappa shape index (κ2) is 5.13. The second-order valence-corrected chi connectivity index (χ2v) is 5.30. The first-order chi connectivity index (χ1) is 9.30. The van der Waals surface area contributed by atoms with Crippen molar-refractivity contribution < 1.29 is 4.79 Å². The van der Waals surface area contributed by atoms with Crippen LogP contribution in [0.1, 0.15) is 29.4 Å². The van der Waals surface area contributed by atoms with Gasteiger partial charge in [0.05, 0.1) is 11.3 Å². The Balaban J connectivity index is 1.80. The van der Waals surface area contributed by atoms with Crippen molar-refractivity contribution >= 4 is 11.9 Å². The maximum Gasteiger partial charge on any atom is 0.153 e. The minimum Gasteiger partial charge on any atom is -0.306 e. The Labute approximate surface area is 113 Å². The summed E-state index contributed by atoms with van der Waals surface area (Å²) in [6, 6.07) is 3.70. The lowest BCUT2D eigenvalue weighted by atomic mass is 10.0. The van der Waals surface area contributed by atoms with E-state index in [0.717, 1.165) is 30.6 Å². The van der Waals surface area contributed by atoms with E-state index in [9.17, 15) is 4.79 Å². The summed E-state index contributed by atoms with van der Waals surface area (Å²) in [5, 5.41) is 0. The van der Waals surface area contributed by atoms with E-state index in [0.29, 0.717) is 11.5 Å². The largest absolute Gasteiger partial charge is 0.306 e. The standard InChI is InChI=1S/C15H19N3O/c1-2-17-7-5-12(9-17)8-14-10-18-6-3-4-13(11-19)15(18)16-14/h3-4,6,10-12H,2,5,7-9H2,1H3. The van der Waals surface area contributed by atoms with Gasteiger partial charge in [-0.3, -0.25) is 4.79 Å². The smallest absolute Gasteiger partial charge is 0.153 e. The predicted molar refractivity (Wildman–Crippen MR) is 74.5 cm³/mol. The molecule has 100 valence electrons. The molecule has 1 unspecified atom stereocenters. The van der Waals surface area contributed by atoms with Gasteiger partial charge in [-0.15, -0.1) is 0 Å². The molecular weight excluding hydrogens is 238 g/mol. The monoisotopic (exact) mass is 257 g/mol. The van der Waals surface area contributed by atoms with Crippen molar-refractivity contribution in [3.05, 3.63) is 35.8 Å². The molecule has 1 aliphatic heterocycles. The van der Waals surface area contributed by atoms with Crippen LogP contribution in [0.25, 0.3) is 5.65 Å². The van der Waals surface area contributed by atoms with E-state index in [-0.39, 0.29) is 0 Å². The number of aldehydes is 1. The van der Waals surface area contributed by atoms with E-state index < -0.39 is 0 Å². The Morgan fingerprint density at radius 3 is 3.16 bits per heavy atom. The number of nitrogens with zero attached hydrogens (tertiary/aromatic N) is 3. The molecule has 3 heterocycles. The van der Waals surface area contributed by atoms with Gasteiger partial charge in [-0.05, 0) is 44.0 Å². The third kappa shape index (κ3) is 2.40. The Morgan fingerprint density at radius 1 is 1.53 bits per heavy atom. The Kier molecular flexibility index (Phi) is 3.34. The number of aromatic nitrogens is 2. The summed E-state index contributed by atoms with van der Waals surface area (Å²) in [4.78, 5) is 18.1. The van der Waals surface area contributed by atoms with Crippen LogP contribution >= 0.6 is 0 Å². The van der Waals surface area contributed by atoms with Crippen LogP contribution in [0, 0.1) is 5.92 Å². The fourth-order valence-electron chi connectivity index (χ4n) is 2.94. The summed E-state index contributed by atoms with van der Waals surface area (Å²) in [5.74, 6) is 0.699. The van der Waals surface area contributed by atoms with Crippen molar-refractivity contribution in [1.29, 1.82) is 0 Å². The minimum atomic E-state index is 0.662. The second-order valence-electron chi connectivity index (χ2n) is 5.30. The normalized spacial score (nSPS) is 20.2. The molecule has 1 saturated heterocycles. The highest BCUT2D eigenvalue weighted by molar-refractivity contribution is 5.84. The van der Waals surface area contributed by atoms with Crippen molar-refractivity contribution in [2.24, 2.45) is 5.92 Å². The highest BCUT2D eigenvalue weighted by Gasteiger charge is 2.22. The van der Waals surface area contributed by atoms with Crippen LogP contribution in [0.15, 0.2) is 24.5 Å². The molecule has 19 heavy (non-hydrogen) atoms. The topological polar surface area (TPSA) is 37.6 Å². The Morgan fingerprint density at radius 2 is 2.42 bits per heavy atom. The van der Waals surface area contributed by atoms with Gasteiger partial charge in [0.2, 0.25) is 0 Å². The van der Waals surface area contributed by atoms with Gasteiger partial charge in [-0.1, -0.05) is 6.92 Å². The van der Waals surface area contributed by atoms with Crippen LogP contribution in [-0.4, -0.2) is 40.2 Å². The first-order valence-corrected chi connectivity index (χ1v) is 6.94. The quantitative estimate of drug-likeness (QED) is 0.787. The maximum atomic E-state index is 11.0. The van der Waals surface area contributed by atoms with E-state index in [2.05, 4.69) is 23.0 Å². The number of carbonyl (C=O) groups excluding carboxylic acids is 1. The van der Waals surface area contributed by atoms with Gasteiger partial charge in [0.15, 0.2) is 6.29 Å². The molecule has 1 atom stereocenters. The number of hydrogen-bond acceptors (Lipinski definition) is 3. The number of hydrogen-bond donors (Lipinski definition) is 0. The molecule has 0 N–H and O–H groups in total. The third-order valence-corrected chi connectivity index (χ3v) is 4.00. The summed E-state index contributed by atoms with van der Waals surface area (Å²) < 4.78 is 1.95. The van der Waals surface area contributed by atoms with Crippen molar-refractivity contribution in [3.8, 4) is 0 Å². The fourth-order valence-corrected chi connectivity index (χ4v) is 2.94. The number of likely N-dealkylation sites (tertiary alicyclic amines) is 1. The van der Waals surface area contributed by atoms with Crippen LogP contribution < -0.4 is 0 Å². The number of rotatable bonds is 4. The summed E-state index contributed by atoms with van der Waals surface area (Å²) in [7, 11) is 0. The molecule has 4 heteroatoms. The van der Waals surface area contributed by atoms with Gasteiger partial charge in [0.25, 0.3) is 0 Å². The van der Waals surface area contributed by atoms with Crippen molar-refractivity contribution in [3.63, 3.8) is 0 Å². The maximum absolute atomic E-state index is 11.0. The summed E-state index contributed by atoms with van der Waals surface area (Å²) in [6.07, 6.45) is 7.14. The lowest BCUT2D eigenvalue weighted by molar-refractivity contribution is 0.112. The van der Waals surface area contributed by atoms with Gasteiger partial charge in [0, 0.05) is 18.9 Å². The molecule has 1 fully saturated rings. The van der Waals surface area contributed by atoms with Gasteiger partial charge in [0.1, 0.15) is 5.65 Å². The number of fused-ring (bicyclic) bond motifs is 1. The number of carbonyl (C=O) groups is 1. The van der Waals surface area contributed by atoms with Gasteiger partial charge >= 0.3 is 0 Å². The van der Waals surface area contributed by atoms with Gasteiger partial charge in [-0.2, -0.15) is 0 Å². The molecule has 4 nitrogen and oxygen atoms in total. The Bertz CT molecular complexity index is 590. The Hall–Kier alpha value is -1.68. The summed E-state index contributed by atoms with van der Waals surface area (Å²) in [5.41, 5.74) is 2.53. The van der Waals surface area contributed by atoms with Crippen LogP contribution in [-0.2, 0) is 6.42 Å². The van der Waals surface area contributed by atoms with E-state index in [1.54, 1.807) is 0 Å². The fraction of sp³-hybridized carbons (Fsp3) is 0.467. The lowest BCUT2D eigenvalue weighted by Gasteiger charge is -2.11. The number of pyridine rings is 1. The van der Waals surface area contributed by atoms with Crippen LogP contribution in [0.5, 0.6) is 0 Å². The molecule has 1 aliphatic rings. The molecule has 0 saturated carbocycles. The van der Waals surface area contributed by atoms with Crippen LogP contribution in [0.4, 0.5) is 0 Å². The van der Waals surface area contributed by atoms with Crippen LogP contribution in [0.3, 0.4) is 0 Å². The lowest BCUT2D eigenvalue weighted by Crippen LogP contribution is -2.20. The van der Waals surface area contributed by atoms with Crippen LogP contribution in [0.2, 0.25) is 0 Å². The van der Waals surface area contributed by atoms with Crippen molar-refractivity contribution in [1.82, 2.24) is 14.3 Å². The van der Waals surface area contributed by atoms with E-state index in [4.69, 9.17) is 0 Å². The molecule has 0 bridgehead atoms. The molecule has 2 aromatic heterocycles. The first-order valence-electron chi connectivity index (χ1n) is 6.94. The van der Waals surface area contributed by atoms with Crippen molar-refractivity contribution in [2.75, 3.05) is 19.6 Å². The zero-order chi connectivity index (χ0) is 13.2. The van der Waals surface area contributed by atoms with Gasteiger partial charge < -0.3 is 9.30 Å². The number of imidazole rings is 1. The highest BCUT2D eigenvalue weighted by Crippen LogP contribution is 2.21. The predicted octanol–water partition coefficient (Wildman–Crippen LogP) is 2.03. The highest BCUT2D eigenvalue weighted by atomic mass is 16.1. The average molecular weight is 257 g/mol. The minimum absolute atomic E-state index is 0.662. The molecule has 0 aromatic carbocycles. The van der Waals surface area contributed by atoms with Gasteiger partial charge in [-0.25, -0.2) is 4.98 Å². The molecule has 0 amide bonds. The summed E-state index contributed by atoms with van der Waals surface area (Å²) in [6.45, 7) is 5.72. The zero-order valence-corrected chi connectivity index (χ0v) is 11.2. The third-order valence-electron chi connectivity index (χ3n) is 4.00. The molecular formula is C15H19N3O. The summed E-state index contributed by atoms with van der Waals surface area (Å²) >= 11 is 0. The average Bonchev–Trinajstić information content (AvgIpc) is 3.04. The van der Waals surface area contributed by atoms with E-state index in [1.807, 2.05) is 22.7 Å². The van der Waals surface area contributed by atoms with Crippen molar-refractivity contribution in [2.45, 2.75) is 19.8 Å². The molecule has 2 aromatic rings. The molecule has 3 rings (SSSR count). The molecule has 0 spiro atoms. The van der Waals surface area contributed by atoms with E-state index >= 15 is 0 Å². The SMILES string of the molecule is CCN1CCC(Cc2cn3cccc(C=O)c3n2)C1. The molecule has 0 aliphatic carbocycles. The van der Waals surface area contributed by atoms with E-state index in [1.165, 1.54) is 19.5 Å². The zero-order valence-electron chi connectivity index (χ0n) is 11.2.